The molecule has 2 nitrogen and oxygen atoms in total. The number of alkyl halides is 3. The molecule has 0 N–H and O–H groups in total. The fourth-order valence-corrected chi connectivity index (χ4v) is 1.06. The molecule has 0 aromatic carbocycles. The summed E-state index contributed by atoms with van der Waals surface area (Å²) < 4.78 is 40.2. The summed E-state index contributed by atoms with van der Waals surface area (Å²) >= 11 is 0. The molecule has 0 aromatic rings. The first-order chi connectivity index (χ1) is 5.23. The summed E-state index contributed by atoms with van der Waals surface area (Å²) in [7, 11) is 0. The highest BCUT2D eigenvalue weighted by atomic mass is 19.4. The van der Waals surface area contributed by atoms with Crippen molar-refractivity contribution in [1.29, 1.82) is 0 Å². The third-order valence-corrected chi connectivity index (χ3v) is 1.86. The smallest absolute Gasteiger partial charge is 0.425 e. The van der Waals surface area contributed by atoms with E-state index in [4.69, 9.17) is 0 Å². The van der Waals surface area contributed by atoms with E-state index in [0.717, 1.165) is 0 Å². The maximum Gasteiger partial charge on any atom is 0.425 e. The minimum atomic E-state index is -4.43. The molecule has 0 amide bonds. The van der Waals surface area contributed by atoms with E-state index >= 15 is 0 Å². The van der Waals surface area contributed by atoms with Crippen molar-refractivity contribution in [3.63, 3.8) is 0 Å². The predicted molar refractivity (Wildman–Crippen MR) is 34.3 cm³/mol. The summed E-state index contributed by atoms with van der Waals surface area (Å²) in [6.45, 7) is 2.89. The van der Waals surface area contributed by atoms with Crippen LogP contribution in [0.3, 0.4) is 0 Å². The van der Waals surface area contributed by atoms with Gasteiger partial charge in [-0.2, -0.15) is 13.2 Å². The van der Waals surface area contributed by atoms with E-state index in [9.17, 15) is 18.0 Å². The van der Waals surface area contributed by atoms with E-state index < -0.39 is 23.7 Å². The molecule has 1 aliphatic heterocycles. The lowest BCUT2D eigenvalue weighted by Crippen LogP contribution is -2.28. The Labute approximate surface area is 67.7 Å². The monoisotopic (exact) mass is 182 g/mol. The van der Waals surface area contributed by atoms with Crippen LogP contribution in [0.15, 0.2) is 0 Å². The number of hydrogen-bond donors (Lipinski definition) is 0. The molecule has 70 valence electrons. The lowest BCUT2D eigenvalue weighted by Gasteiger charge is -2.13. The number of carbonyl (C=O) groups is 1. The van der Waals surface area contributed by atoms with E-state index in [1.807, 2.05) is 0 Å². The second kappa shape index (κ2) is 2.37. The molecule has 1 rings (SSSR count). The summed E-state index contributed by atoms with van der Waals surface area (Å²) in [4.78, 5) is 10.8. The van der Waals surface area contributed by atoms with Crippen molar-refractivity contribution in [2.45, 2.75) is 32.5 Å². The van der Waals surface area contributed by atoms with Gasteiger partial charge in [-0.25, -0.2) is 0 Å². The van der Waals surface area contributed by atoms with Gasteiger partial charge in [0.15, 0.2) is 6.10 Å². The van der Waals surface area contributed by atoms with E-state index in [2.05, 4.69) is 4.74 Å². The van der Waals surface area contributed by atoms with Crippen molar-refractivity contribution in [2.75, 3.05) is 0 Å². The average molecular weight is 182 g/mol. The van der Waals surface area contributed by atoms with E-state index in [0.29, 0.717) is 0 Å². The summed E-state index contributed by atoms with van der Waals surface area (Å²) in [5, 5.41) is 0. The minimum Gasteiger partial charge on any atom is -0.452 e. The molecule has 0 aromatic heterocycles. The van der Waals surface area contributed by atoms with Gasteiger partial charge in [-0.3, -0.25) is 4.79 Å². The summed E-state index contributed by atoms with van der Waals surface area (Å²) in [6, 6.07) is 0. The highest BCUT2D eigenvalue weighted by Gasteiger charge is 2.53. The fourth-order valence-electron chi connectivity index (χ4n) is 1.06. The normalized spacial score (nSPS) is 28.8. The zero-order chi connectivity index (χ0) is 9.57. The van der Waals surface area contributed by atoms with Crippen LogP contribution < -0.4 is 0 Å². The second-order valence-electron chi connectivity index (χ2n) is 3.52. The van der Waals surface area contributed by atoms with Crippen molar-refractivity contribution in [2.24, 2.45) is 5.41 Å². The quantitative estimate of drug-likeness (QED) is 0.535. The lowest BCUT2D eigenvalue weighted by molar-refractivity contribution is -0.209. The number of carbonyl (C=O) groups excluding carboxylic acids is 1. The van der Waals surface area contributed by atoms with Crippen LogP contribution in [0.5, 0.6) is 0 Å². The Morgan fingerprint density at radius 2 is 2.00 bits per heavy atom. The van der Waals surface area contributed by atoms with Crippen molar-refractivity contribution in [3.05, 3.63) is 0 Å². The third kappa shape index (κ3) is 1.54. The van der Waals surface area contributed by atoms with Crippen LogP contribution in [0.1, 0.15) is 20.3 Å². The molecule has 0 saturated carbocycles. The van der Waals surface area contributed by atoms with Gasteiger partial charge in [-0.1, -0.05) is 0 Å². The van der Waals surface area contributed by atoms with Gasteiger partial charge in [0.05, 0.1) is 5.41 Å². The molecular weight excluding hydrogens is 173 g/mol. The first-order valence-corrected chi connectivity index (χ1v) is 3.51. The molecule has 0 bridgehead atoms. The van der Waals surface area contributed by atoms with Crippen LogP contribution in [0, 0.1) is 5.41 Å². The molecule has 1 fully saturated rings. The van der Waals surface area contributed by atoms with Crippen molar-refractivity contribution < 1.29 is 22.7 Å². The van der Waals surface area contributed by atoms with Gasteiger partial charge >= 0.3 is 12.1 Å². The largest absolute Gasteiger partial charge is 0.452 e. The number of cyclic esters (lactones) is 1. The molecule has 1 atom stereocenters. The number of ether oxygens (including phenoxy) is 1. The van der Waals surface area contributed by atoms with Crippen molar-refractivity contribution >= 4 is 5.97 Å². The van der Waals surface area contributed by atoms with Crippen molar-refractivity contribution in [1.82, 2.24) is 0 Å². The SMILES string of the molecule is CC1(C)CC(C(F)(F)F)OC1=O. The first kappa shape index (κ1) is 9.35. The first-order valence-electron chi connectivity index (χ1n) is 3.51. The molecule has 1 unspecified atom stereocenters. The minimum absolute atomic E-state index is 0.282. The number of hydrogen-bond acceptors (Lipinski definition) is 2. The van der Waals surface area contributed by atoms with Crippen LogP contribution in [-0.2, 0) is 9.53 Å². The maximum atomic E-state index is 12.0. The number of esters is 1. The molecule has 1 aliphatic rings. The fraction of sp³-hybridized carbons (Fsp3) is 0.857. The highest BCUT2D eigenvalue weighted by molar-refractivity contribution is 5.78. The Kier molecular flexibility index (Phi) is 1.85. The Hall–Kier alpha value is -0.740. The molecule has 1 saturated heterocycles. The standard InChI is InChI=1S/C7H9F3O2/c1-6(2)3-4(7(8,9)10)12-5(6)11/h4H,3H2,1-2H3. The van der Waals surface area contributed by atoms with Crippen molar-refractivity contribution in [3.8, 4) is 0 Å². The maximum absolute atomic E-state index is 12.0. The van der Waals surface area contributed by atoms with Crippen LogP contribution in [0.4, 0.5) is 13.2 Å². The Morgan fingerprint density at radius 3 is 2.17 bits per heavy atom. The number of rotatable bonds is 0. The Balaban J connectivity index is 2.74. The third-order valence-electron chi connectivity index (χ3n) is 1.86. The van der Waals surface area contributed by atoms with Gasteiger partial charge in [0.2, 0.25) is 0 Å². The Bertz CT molecular complexity index is 207. The average Bonchev–Trinajstić information content (AvgIpc) is 2.06. The highest BCUT2D eigenvalue weighted by Crippen LogP contribution is 2.40. The summed E-state index contributed by atoms with van der Waals surface area (Å²) in [6.07, 6.45) is -6.63. The zero-order valence-electron chi connectivity index (χ0n) is 6.73. The Morgan fingerprint density at radius 1 is 1.50 bits per heavy atom. The number of halogens is 3. The van der Waals surface area contributed by atoms with Gasteiger partial charge < -0.3 is 4.74 Å². The summed E-state index contributed by atoms with van der Waals surface area (Å²) in [5.74, 6) is -0.773. The van der Waals surface area contributed by atoms with Crippen LogP contribution in [0.25, 0.3) is 0 Å². The summed E-state index contributed by atoms with van der Waals surface area (Å²) in [5.41, 5.74) is -1.000. The van der Waals surface area contributed by atoms with E-state index in [1.165, 1.54) is 13.8 Å². The molecule has 1 heterocycles. The van der Waals surface area contributed by atoms with Gasteiger partial charge in [0.1, 0.15) is 0 Å². The molecule has 0 radical (unpaired) electrons. The van der Waals surface area contributed by atoms with Crippen LogP contribution in [0.2, 0.25) is 0 Å². The zero-order valence-corrected chi connectivity index (χ0v) is 6.73. The van der Waals surface area contributed by atoms with Gasteiger partial charge in [-0.15, -0.1) is 0 Å². The molecule has 5 heteroatoms. The topological polar surface area (TPSA) is 26.3 Å². The van der Waals surface area contributed by atoms with Gasteiger partial charge in [-0.05, 0) is 13.8 Å². The predicted octanol–water partition coefficient (Wildman–Crippen LogP) is 1.89. The molecule has 0 aliphatic carbocycles. The molecular formula is C7H9F3O2. The lowest BCUT2D eigenvalue weighted by atomic mass is 9.90. The van der Waals surface area contributed by atoms with E-state index in [-0.39, 0.29) is 6.42 Å². The van der Waals surface area contributed by atoms with Crippen LogP contribution in [-0.4, -0.2) is 18.2 Å². The van der Waals surface area contributed by atoms with E-state index in [1.54, 1.807) is 0 Å². The molecule has 0 spiro atoms. The van der Waals surface area contributed by atoms with Gasteiger partial charge in [0, 0.05) is 6.42 Å². The molecule has 12 heavy (non-hydrogen) atoms. The van der Waals surface area contributed by atoms with Gasteiger partial charge in [0.25, 0.3) is 0 Å². The second-order valence-corrected chi connectivity index (χ2v) is 3.52. The van der Waals surface area contributed by atoms with Crippen LogP contribution >= 0.6 is 0 Å².